The van der Waals surface area contributed by atoms with Crippen LogP contribution in [0.25, 0.3) is 0 Å². The molecule has 0 aliphatic rings. The summed E-state index contributed by atoms with van der Waals surface area (Å²) >= 11 is 3.15. The van der Waals surface area contributed by atoms with Crippen molar-refractivity contribution in [2.75, 3.05) is 6.61 Å². The number of ether oxygens (including phenoxy) is 1. The molecule has 0 spiro atoms. The van der Waals surface area contributed by atoms with E-state index in [1.165, 1.54) is 0 Å². The molecule has 0 aromatic rings. The van der Waals surface area contributed by atoms with Gasteiger partial charge in [-0.05, 0) is 25.7 Å². The van der Waals surface area contributed by atoms with E-state index in [-0.39, 0.29) is 10.8 Å². The Bertz CT molecular complexity index is 132. The molecule has 0 N–H and O–H groups in total. The first-order chi connectivity index (χ1) is 5.54. The molecule has 0 fully saturated rings. The summed E-state index contributed by atoms with van der Waals surface area (Å²) in [5.74, 6) is 0.517. The molecule has 72 valence electrons. The molecule has 0 aromatic carbocycles. The average Bonchev–Trinajstić information content (AvgIpc) is 1.97. The Balaban J connectivity index is 3.26. The minimum atomic E-state index is -0.184. The van der Waals surface area contributed by atoms with Gasteiger partial charge in [0.05, 0.1) is 6.61 Å². The van der Waals surface area contributed by atoms with Crippen molar-refractivity contribution in [3.63, 3.8) is 0 Å². The molecule has 0 amide bonds. The third-order valence-electron chi connectivity index (χ3n) is 1.49. The standard InChI is InChI=1S/C9H17BrO2/c1-7(2)5-4-6-12-9(11)8(3)10/h7-8H,4-6H2,1-3H3. The van der Waals surface area contributed by atoms with Crippen LogP contribution in [-0.2, 0) is 9.53 Å². The fourth-order valence-corrected chi connectivity index (χ4v) is 0.911. The van der Waals surface area contributed by atoms with Gasteiger partial charge in [-0.3, -0.25) is 4.79 Å². The second-order valence-electron chi connectivity index (χ2n) is 3.32. The molecule has 1 unspecified atom stereocenters. The van der Waals surface area contributed by atoms with Gasteiger partial charge < -0.3 is 4.74 Å². The van der Waals surface area contributed by atoms with Crippen LogP contribution in [0.5, 0.6) is 0 Å². The Kier molecular flexibility index (Phi) is 6.44. The number of esters is 1. The lowest BCUT2D eigenvalue weighted by molar-refractivity contribution is -0.142. The molecule has 0 aliphatic carbocycles. The summed E-state index contributed by atoms with van der Waals surface area (Å²) in [6.45, 7) is 6.64. The molecular formula is C9H17BrO2. The number of halogens is 1. The Morgan fingerprint density at radius 1 is 1.42 bits per heavy atom. The molecule has 0 heterocycles. The zero-order valence-electron chi connectivity index (χ0n) is 7.97. The lowest BCUT2D eigenvalue weighted by Crippen LogP contribution is -2.14. The second-order valence-corrected chi connectivity index (χ2v) is 4.69. The molecule has 0 radical (unpaired) electrons. The van der Waals surface area contributed by atoms with Gasteiger partial charge >= 0.3 is 5.97 Å². The van der Waals surface area contributed by atoms with E-state index in [1.807, 2.05) is 0 Å². The van der Waals surface area contributed by atoms with E-state index in [2.05, 4.69) is 29.8 Å². The van der Waals surface area contributed by atoms with Crippen molar-refractivity contribution in [2.45, 2.75) is 38.4 Å². The van der Waals surface area contributed by atoms with Crippen LogP contribution in [0.1, 0.15) is 33.6 Å². The van der Waals surface area contributed by atoms with E-state index in [9.17, 15) is 4.79 Å². The van der Waals surface area contributed by atoms with Crippen LogP contribution in [0.2, 0.25) is 0 Å². The molecule has 0 bridgehead atoms. The van der Waals surface area contributed by atoms with Crippen LogP contribution in [0.4, 0.5) is 0 Å². The smallest absolute Gasteiger partial charge is 0.319 e. The van der Waals surface area contributed by atoms with Crippen LogP contribution in [0.3, 0.4) is 0 Å². The van der Waals surface area contributed by atoms with Crippen molar-refractivity contribution in [3.8, 4) is 0 Å². The predicted molar refractivity (Wildman–Crippen MR) is 53.4 cm³/mol. The van der Waals surface area contributed by atoms with E-state index in [0.29, 0.717) is 12.5 Å². The van der Waals surface area contributed by atoms with Crippen molar-refractivity contribution in [2.24, 2.45) is 5.92 Å². The molecule has 0 aromatic heterocycles. The average molecular weight is 237 g/mol. The van der Waals surface area contributed by atoms with Gasteiger partial charge in [0, 0.05) is 0 Å². The van der Waals surface area contributed by atoms with E-state index < -0.39 is 0 Å². The van der Waals surface area contributed by atoms with Crippen molar-refractivity contribution < 1.29 is 9.53 Å². The summed E-state index contributed by atoms with van der Waals surface area (Å²) in [7, 11) is 0. The predicted octanol–water partition coefficient (Wildman–Crippen LogP) is 2.75. The maximum Gasteiger partial charge on any atom is 0.319 e. The first-order valence-corrected chi connectivity index (χ1v) is 5.26. The van der Waals surface area contributed by atoms with Crippen molar-refractivity contribution in [1.82, 2.24) is 0 Å². The molecule has 3 heteroatoms. The first kappa shape index (κ1) is 11.9. The van der Waals surface area contributed by atoms with E-state index >= 15 is 0 Å². The summed E-state index contributed by atoms with van der Waals surface area (Å²) in [5.41, 5.74) is 0. The Morgan fingerprint density at radius 3 is 2.42 bits per heavy atom. The third kappa shape index (κ3) is 6.65. The van der Waals surface area contributed by atoms with Crippen LogP contribution in [0, 0.1) is 5.92 Å². The van der Waals surface area contributed by atoms with Gasteiger partial charge in [-0.15, -0.1) is 0 Å². The summed E-state index contributed by atoms with van der Waals surface area (Å²) in [5, 5.41) is 0. The second kappa shape index (κ2) is 6.46. The van der Waals surface area contributed by atoms with Gasteiger partial charge in [0.2, 0.25) is 0 Å². The zero-order chi connectivity index (χ0) is 9.56. The lowest BCUT2D eigenvalue weighted by atomic mass is 10.1. The van der Waals surface area contributed by atoms with Crippen LogP contribution in [0.15, 0.2) is 0 Å². The number of carbonyl (C=O) groups excluding carboxylic acids is 1. The van der Waals surface area contributed by atoms with Gasteiger partial charge in [-0.25, -0.2) is 0 Å². The van der Waals surface area contributed by atoms with Gasteiger partial charge in [0.1, 0.15) is 4.83 Å². The van der Waals surface area contributed by atoms with Crippen LogP contribution >= 0.6 is 15.9 Å². The molecule has 2 nitrogen and oxygen atoms in total. The van der Waals surface area contributed by atoms with E-state index in [4.69, 9.17) is 4.74 Å². The highest BCUT2D eigenvalue weighted by molar-refractivity contribution is 9.10. The summed E-state index contributed by atoms with van der Waals surface area (Å²) < 4.78 is 4.97. The van der Waals surface area contributed by atoms with Gasteiger partial charge in [-0.1, -0.05) is 29.8 Å². The molecule has 12 heavy (non-hydrogen) atoms. The summed E-state index contributed by atoms with van der Waals surface area (Å²) in [6, 6.07) is 0. The Morgan fingerprint density at radius 2 is 2.00 bits per heavy atom. The number of hydrogen-bond acceptors (Lipinski definition) is 2. The monoisotopic (exact) mass is 236 g/mol. The number of hydrogen-bond donors (Lipinski definition) is 0. The first-order valence-electron chi connectivity index (χ1n) is 4.34. The highest BCUT2D eigenvalue weighted by Gasteiger charge is 2.08. The molecular weight excluding hydrogens is 220 g/mol. The van der Waals surface area contributed by atoms with Crippen LogP contribution in [-0.4, -0.2) is 17.4 Å². The Hall–Kier alpha value is -0.0500. The fourth-order valence-electron chi connectivity index (χ4n) is 0.779. The number of alkyl halides is 1. The molecule has 1 atom stereocenters. The maximum atomic E-state index is 10.9. The normalized spacial score (nSPS) is 13.1. The van der Waals surface area contributed by atoms with Crippen LogP contribution < -0.4 is 0 Å². The van der Waals surface area contributed by atoms with Gasteiger partial charge in [0.25, 0.3) is 0 Å². The lowest BCUT2D eigenvalue weighted by Gasteiger charge is -2.07. The van der Waals surface area contributed by atoms with Gasteiger partial charge in [-0.2, -0.15) is 0 Å². The largest absolute Gasteiger partial charge is 0.465 e. The quantitative estimate of drug-likeness (QED) is 0.417. The fraction of sp³-hybridized carbons (Fsp3) is 0.889. The van der Waals surface area contributed by atoms with E-state index in [0.717, 1.165) is 12.8 Å². The SMILES string of the molecule is CC(C)CCCOC(=O)C(C)Br. The topological polar surface area (TPSA) is 26.3 Å². The Labute approximate surface area is 82.8 Å². The third-order valence-corrected chi connectivity index (χ3v) is 1.87. The highest BCUT2D eigenvalue weighted by Crippen LogP contribution is 2.05. The molecule has 0 saturated carbocycles. The van der Waals surface area contributed by atoms with Crippen molar-refractivity contribution in [1.29, 1.82) is 0 Å². The minimum Gasteiger partial charge on any atom is -0.465 e. The summed E-state index contributed by atoms with van der Waals surface area (Å²) in [6.07, 6.45) is 2.08. The maximum absolute atomic E-state index is 10.9. The number of carbonyl (C=O) groups is 1. The molecule has 0 saturated heterocycles. The highest BCUT2D eigenvalue weighted by atomic mass is 79.9. The van der Waals surface area contributed by atoms with E-state index in [1.54, 1.807) is 6.92 Å². The number of rotatable bonds is 5. The molecule has 0 rings (SSSR count). The van der Waals surface area contributed by atoms with Crippen molar-refractivity contribution in [3.05, 3.63) is 0 Å². The van der Waals surface area contributed by atoms with Crippen molar-refractivity contribution >= 4 is 21.9 Å². The zero-order valence-corrected chi connectivity index (χ0v) is 9.56. The van der Waals surface area contributed by atoms with Gasteiger partial charge in [0.15, 0.2) is 0 Å². The molecule has 0 aliphatic heterocycles. The summed E-state index contributed by atoms with van der Waals surface area (Å²) in [4.78, 5) is 10.7. The minimum absolute atomic E-state index is 0.168.